The Bertz CT molecular complexity index is 332. The van der Waals surface area contributed by atoms with Gasteiger partial charge in [-0.3, -0.25) is 0 Å². The van der Waals surface area contributed by atoms with Gasteiger partial charge in [-0.2, -0.15) is 0 Å². The molecule has 0 heterocycles. The number of halogens is 1. The third-order valence-corrected chi connectivity index (χ3v) is 2.96. The highest BCUT2D eigenvalue weighted by Crippen LogP contribution is 2.45. The third kappa shape index (κ3) is 2.03. The van der Waals surface area contributed by atoms with Crippen molar-refractivity contribution in [2.75, 3.05) is 13.7 Å². The lowest BCUT2D eigenvalue weighted by Gasteiger charge is -2.27. The molecular formula is C12H15FO2. The molecule has 2 nitrogen and oxygen atoms in total. The minimum absolute atomic E-state index is 0.253. The summed E-state index contributed by atoms with van der Waals surface area (Å²) in [5.41, 5.74) is -0.198. The van der Waals surface area contributed by atoms with Crippen molar-refractivity contribution in [3.8, 4) is 0 Å². The van der Waals surface area contributed by atoms with E-state index in [1.165, 1.54) is 12.1 Å². The molecule has 1 saturated carbocycles. The Hall–Kier alpha value is -0.930. The van der Waals surface area contributed by atoms with Crippen molar-refractivity contribution in [1.29, 1.82) is 0 Å². The topological polar surface area (TPSA) is 29.5 Å². The second-order valence-electron chi connectivity index (χ2n) is 4.14. The van der Waals surface area contributed by atoms with Crippen molar-refractivity contribution in [2.24, 2.45) is 5.92 Å². The SMILES string of the molecule is COCC(O)(c1ccc(F)cc1)C1CC1. The van der Waals surface area contributed by atoms with Gasteiger partial charge in [-0.05, 0) is 36.5 Å². The molecule has 1 aliphatic rings. The molecule has 0 amide bonds. The Morgan fingerprint density at radius 3 is 2.47 bits per heavy atom. The number of benzene rings is 1. The van der Waals surface area contributed by atoms with E-state index >= 15 is 0 Å². The van der Waals surface area contributed by atoms with Crippen LogP contribution in [-0.4, -0.2) is 18.8 Å². The normalized spacial score (nSPS) is 19.9. The molecule has 0 aromatic heterocycles. The highest BCUT2D eigenvalue weighted by atomic mass is 19.1. The average molecular weight is 210 g/mol. The summed E-state index contributed by atoms with van der Waals surface area (Å²) in [5, 5.41) is 10.5. The van der Waals surface area contributed by atoms with Gasteiger partial charge >= 0.3 is 0 Å². The zero-order valence-electron chi connectivity index (χ0n) is 8.74. The van der Waals surface area contributed by atoms with E-state index in [4.69, 9.17) is 4.74 Å². The molecule has 0 radical (unpaired) electrons. The number of rotatable bonds is 4. The summed E-state index contributed by atoms with van der Waals surface area (Å²) in [6.45, 7) is 0.267. The van der Waals surface area contributed by atoms with Crippen LogP contribution in [0.1, 0.15) is 18.4 Å². The molecule has 0 aliphatic heterocycles. The molecule has 1 aromatic rings. The van der Waals surface area contributed by atoms with Crippen molar-refractivity contribution >= 4 is 0 Å². The van der Waals surface area contributed by atoms with Crippen LogP contribution < -0.4 is 0 Å². The molecule has 2 rings (SSSR count). The first kappa shape index (κ1) is 10.6. The van der Waals surface area contributed by atoms with Crippen LogP contribution in [0.3, 0.4) is 0 Å². The van der Waals surface area contributed by atoms with Gasteiger partial charge in [0.25, 0.3) is 0 Å². The first-order valence-electron chi connectivity index (χ1n) is 5.14. The third-order valence-electron chi connectivity index (χ3n) is 2.96. The Morgan fingerprint density at radius 1 is 1.40 bits per heavy atom. The van der Waals surface area contributed by atoms with Crippen LogP contribution in [0.25, 0.3) is 0 Å². The molecule has 0 saturated heterocycles. The lowest BCUT2D eigenvalue weighted by Crippen LogP contribution is -2.33. The van der Waals surface area contributed by atoms with Gasteiger partial charge in [-0.15, -0.1) is 0 Å². The number of aliphatic hydroxyl groups is 1. The molecular weight excluding hydrogens is 195 g/mol. The van der Waals surface area contributed by atoms with Crippen molar-refractivity contribution in [3.63, 3.8) is 0 Å². The first-order chi connectivity index (χ1) is 7.16. The standard InChI is InChI=1S/C12H15FO2/c1-15-8-12(14,9-2-3-9)10-4-6-11(13)7-5-10/h4-7,9,14H,2-3,8H2,1H3. The van der Waals surface area contributed by atoms with E-state index in [0.717, 1.165) is 18.4 Å². The monoisotopic (exact) mass is 210 g/mol. The summed E-state index contributed by atoms with van der Waals surface area (Å²) in [6, 6.07) is 6.01. The maximum Gasteiger partial charge on any atom is 0.123 e. The molecule has 0 spiro atoms. The Labute approximate surface area is 88.7 Å². The molecule has 1 unspecified atom stereocenters. The smallest absolute Gasteiger partial charge is 0.123 e. The number of hydrogen-bond acceptors (Lipinski definition) is 2. The van der Waals surface area contributed by atoms with Gasteiger partial charge in [-0.1, -0.05) is 12.1 Å². The van der Waals surface area contributed by atoms with Gasteiger partial charge in [0, 0.05) is 7.11 Å². The molecule has 1 aromatic carbocycles. The largest absolute Gasteiger partial charge is 0.382 e. The van der Waals surface area contributed by atoms with Crippen LogP contribution in [-0.2, 0) is 10.3 Å². The van der Waals surface area contributed by atoms with Crippen molar-refractivity contribution < 1.29 is 14.2 Å². The van der Waals surface area contributed by atoms with E-state index in [2.05, 4.69) is 0 Å². The van der Waals surface area contributed by atoms with E-state index in [1.807, 2.05) is 0 Å². The second kappa shape index (κ2) is 3.91. The number of ether oxygens (including phenoxy) is 1. The Balaban J connectivity index is 2.27. The predicted molar refractivity (Wildman–Crippen MR) is 54.9 cm³/mol. The lowest BCUT2D eigenvalue weighted by molar-refractivity contribution is -0.0533. The quantitative estimate of drug-likeness (QED) is 0.824. The van der Waals surface area contributed by atoms with Crippen LogP contribution in [0.4, 0.5) is 4.39 Å². The molecule has 1 aliphatic carbocycles. The minimum Gasteiger partial charge on any atom is -0.382 e. The van der Waals surface area contributed by atoms with Crippen LogP contribution in [0.5, 0.6) is 0 Å². The number of methoxy groups -OCH3 is 1. The average Bonchev–Trinajstić information content (AvgIpc) is 3.02. The van der Waals surface area contributed by atoms with Crippen molar-refractivity contribution in [3.05, 3.63) is 35.6 Å². The summed E-state index contributed by atoms with van der Waals surface area (Å²) >= 11 is 0. The minimum atomic E-state index is -0.942. The van der Waals surface area contributed by atoms with Gasteiger partial charge < -0.3 is 9.84 Å². The van der Waals surface area contributed by atoms with Gasteiger partial charge in [0.15, 0.2) is 0 Å². The molecule has 15 heavy (non-hydrogen) atoms. The van der Waals surface area contributed by atoms with Gasteiger partial charge in [-0.25, -0.2) is 4.39 Å². The fraction of sp³-hybridized carbons (Fsp3) is 0.500. The van der Waals surface area contributed by atoms with E-state index in [-0.39, 0.29) is 18.3 Å². The second-order valence-corrected chi connectivity index (χ2v) is 4.14. The molecule has 82 valence electrons. The Morgan fingerprint density at radius 2 is 2.00 bits per heavy atom. The summed E-state index contributed by atoms with van der Waals surface area (Å²) in [5.74, 6) is -0.0303. The number of hydrogen-bond donors (Lipinski definition) is 1. The van der Waals surface area contributed by atoms with E-state index in [9.17, 15) is 9.50 Å². The summed E-state index contributed by atoms with van der Waals surface area (Å²) in [4.78, 5) is 0. The fourth-order valence-corrected chi connectivity index (χ4v) is 1.96. The fourth-order valence-electron chi connectivity index (χ4n) is 1.96. The molecule has 1 fully saturated rings. The Kier molecular flexibility index (Phi) is 2.76. The summed E-state index contributed by atoms with van der Waals surface area (Å²) < 4.78 is 17.8. The van der Waals surface area contributed by atoms with E-state index in [1.54, 1.807) is 19.2 Å². The van der Waals surface area contributed by atoms with Crippen LogP contribution in [0, 0.1) is 11.7 Å². The molecule has 1 atom stereocenters. The highest BCUT2D eigenvalue weighted by molar-refractivity contribution is 5.25. The van der Waals surface area contributed by atoms with Gasteiger partial charge in [0.05, 0.1) is 6.61 Å². The molecule has 3 heteroatoms. The summed E-state index contributed by atoms with van der Waals surface area (Å²) in [6.07, 6.45) is 2.02. The highest BCUT2D eigenvalue weighted by Gasteiger charge is 2.45. The van der Waals surface area contributed by atoms with E-state index in [0.29, 0.717) is 0 Å². The zero-order chi connectivity index (χ0) is 10.9. The molecule has 0 bridgehead atoms. The summed E-state index contributed by atoms with van der Waals surface area (Å²) in [7, 11) is 1.57. The maximum absolute atomic E-state index is 12.8. The van der Waals surface area contributed by atoms with Crippen LogP contribution >= 0.6 is 0 Å². The van der Waals surface area contributed by atoms with Gasteiger partial charge in [0.1, 0.15) is 11.4 Å². The van der Waals surface area contributed by atoms with Gasteiger partial charge in [0.2, 0.25) is 0 Å². The maximum atomic E-state index is 12.8. The first-order valence-corrected chi connectivity index (χ1v) is 5.14. The zero-order valence-corrected chi connectivity index (χ0v) is 8.74. The predicted octanol–water partition coefficient (Wildman–Crippen LogP) is 2.07. The van der Waals surface area contributed by atoms with Crippen LogP contribution in [0.15, 0.2) is 24.3 Å². The lowest BCUT2D eigenvalue weighted by atomic mass is 9.89. The van der Waals surface area contributed by atoms with Crippen molar-refractivity contribution in [2.45, 2.75) is 18.4 Å². The van der Waals surface area contributed by atoms with E-state index < -0.39 is 5.60 Å². The van der Waals surface area contributed by atoms with Crippen molar-refractivity contribution in [1.82, 2.24) is 0 Å². The molecule has 1 N–H and O–H groups in total. The van der Waals surface area contributed by atoms with Crippen LogP contribution in [0.2, 0.25) is 0 Å².